The van der Waals surface area contributed by atoms with Crippen molar-refractivity contribution in [3.63, 3.8) is 0 Å². The molecule has 4 heteroatoms. The fourth-order valence-corrected chi connectivity index (χ4v) is 1.14. The molecule has 0 N–H and O–H groups in total. The monoisotopic (exact) mass is 252 g/mol. The number of benzene rings is 1. The molecule has 0 aliphatic heterocycles. The Morgan fingerprint density at radius 2 is 1.83 bits per heavy atom. The van der Waals surface area contributed by atoms with Gasteiger partial charge in [-0.15, -0.1) is 0 Å². The first-order valence-electron chi connectivity index (χ1n) is 5.95. The van der Waals surface area contributed by atoms with Crippen LogP contribution in [0.3, 0.4) is 0 Å². The molecule has 0 spiro atoms. The number of carbonyl (C=O) groups excluding carboxylic acids is 1. The first-order valence-corrected chi connectivity index (χ1v) is 5.95. The third-order valence-electron chi connectivity index (χ3n) is 2.05. The van der Waals surface area contributed by atoms with Crippen LogP contribution in [0, 0.1) is 0 Å². The average molecular weight is 252 g/mol. The maximum atomic E-state index is 11.6. The lowest BCUT2D eigenvalue weighted by Gasteiger charge is -2.21. The van der Waals surface area contributed by atoms with Crippen molar-refractivity contribution >= 4 is 5.97 Å². The molecular weight excluding hydrogens is 232 g/mol. The average Bonchev–Trinajstić information content (AvgIpc) is 2.33. The predicted molar refractivity (Wildman–Crippen MR) is 68.1 cm³/mol. The molecule has 0 heterocycles. The summed E-state index contributed by atoms with van der Waals surface area (Å²) in [6.45, 7) is 8.01. The first kappa shape index (κ1) is 14.7. The lowest BCUT2D eigenvalue weighted by Crippen LogP contribution is -2.27. The maximum Gasteiger partial charge on any atom is 0.373 e. The molecule has 0 amide bonds. The van der Waals surface area contributed by atoms with Crippen molar-refractivity contribution in [1.29, 1.82) is 0 Å². The highest BCUT2D eigenvalue weighted by molar-refractivity contribution is 5.88. The molecule has 0 aliphatic rings. The highest BCUT2D eigenvalue weighted by atomic mass is 17.2. The second kappa shape index (κ2) is 6.52. The van der Waals surface area contributed by atoms with E-state index in [1.165, 1.54) is 0 Å². The van der Waals surface area contributed by atoms with Crippen molar-refractivity contribution in [2.75, 3.05) is 6.61 Å². The summed E-state index contributed by atoms with van der Waals surface area (Å²) in [5.74, 6) is -0.502. The van der Waals surface area contributed by atoms with Gasteiger partial charge in [0.1, 0.15) is 6.10 Å². The van der Waals surface area contributed by atoms with E-state index in [1.807, 2.05) is 26.8 Å². The minimum atomic E-state index is -0.502. The summed E-state index contributed by atoms with van der Waals surface area (Å²) in [7, 11) is 0. The Morgan fingerprint density at radius 1 is 1.22 bits per heavy atom. The van der Waals surface area contributed by atoms with Gasteiger partial charge >= 0.3 is 5.97 Å². The molecule has 1 rings (SSSR count). The van der Waals surface area contributed by atoms with Crippen LogP contribution in [-0.4, -0.2) is 24.3 Å². The molecule has 1 aromatic rings. The summed E-state index contributed by atoms with van der Waals surface area (Å²) in [4.78, 5) is 21.3. The molecule has 0 aliphatic carbocycles. The number of carbonyl (C=O) groups is 1. The van der Waals surface area contributed by atoms with Crippen molar-refractivity contribution in [3.05, 3.63) is 35.9 Å². The third-order valence-corrected chi connectivity index (χ3v) is 2.05. The predicted octanol–water partition coefficient (Wildman–Crippen LogP) is 2.98. The molecule has 1 atom stereocenters. The Morgan fingerprint density at radius 3 is 2.39 bits per heavy atom. The largest absolute Gasteiger partial charge is 0.373 e. The smallest absolute Gasteiger partial charge is 0.373 e. The summed E-state index contributed by atoms with van der Waals surface area (Å²) in [5, 5.41) is 0. The van der Waals surface area contributed by atoms with Gasteiger partial charge in [0.05, 0.1) is 17.8 Å². The molecule has 4 nitrogen and oxygen atoms in total. The summed E-state index contributed by atoms with van der Waals surface area (Å²) in [5.41, 5.74) is 0.225. The van der Waals surface area contributed by atoms with Crippen LogP contribution in [0.25, 0.3) is 0 Å². The minimum Gasteiger partial charge on any atom is -0.373 e. The molecule has 1 aromatic carbocycles. The lowest BCUT2D eigenvalue weighted by atomic mass is 10.2. The Kier molecular flexibility index (Phi) is 5.31. The number of rotatable bonds is 5. The molecule has 0 saturated carbocycles. The van der Waals surface area contributed by atoms with Crippen molar-refractivity contribution in [1.82, 2.24) is 0 Å². The number of ether oxygens (including phenoxy) is 1. The van der Waals surface area contributed by atoms with E-state index in [-0.39, 0.29) is 11.7 Å². The zero-order chi connectivity index (χ0) is 13.6. The quantitative estimate of drug-likeness (QED) is 0.597. The summed E-state index contributed by atoms with van der Waals surface area (Å²) >= 11 is 0. The molecule has 0 aromatic heterocycles. The molecule has 0 saturated heterocycles. The highest BCUT2D eigenvalue weighted by Gasteiger charge is 2.15. The maximum absolute atomic E-state index is 11.6. The molecule has 1 unspecified atom stereocenters. The van der Waals surface area contributed by atoms with Gasteiger partial charge in [-0.1, -0.05) is 18.2 Å². The van der Waals surface area contributed by atoms with Crippen LogP contribution >= 0.6 is 0 Å². The number of hydrogen-bond donors (Lipinski definition) is 0. The van der Waals surface area contributed by atoms with Crippen molar-refractivity contribution in [2.24, 2.45) is 0 Å². The van der Waals surface area contributed by atoms with Crippen LogP contribution in [0.15, 0.2) is 30.3 Å². The van der Waals surface area contributed by atoms with E-state index in [0.717, 1.165) is 0 Å². The van der Waals surface area contributed by atoms with E-state index in [1.54, 1.807) is 31.2 Å². The van der Waals surface area contributed by atoms with E-state index in [2.05, 4.69) is 0 Å². The van der Waals surface area contributed by atoms with Gasteiger partial charge in [-0.25, -0.2) is 4.79 Å². The van der Waals surface area contributed by atoms with Crippen molar-refractivity contribution in [2.45, 2.75) is 39.4 Å². The fraction of sp³-hybridized carbons (Fsp3) is 0.500. The zero-order valence-electron chi connectivity index (χ0n) is 11.3. The van der Waals surface area contributed by atoms with Crippen molar-refractivity contribution < 1.29 is 19.3 Å². The second-order valence-corrected chi connectivity index (χ2v) is 5.07. The Bertz CT molecular complexity index is 367. The van der Waals surface area contributed by atoms with Crippen LogP contribution < -0.4 is 0 Å². The van der Waals surface area contributed by atoms with E-state index >= 15 is 0 Å². The van der Waals surface area contributed by atoms with Gasteiger partial charge in [0.2, 0.25) is 0 Å². The lowest BCUT2D eigenvalue weighted by molar-refractivity contribution is -0.282. The van der Waals surface area contributed by atoms with E-state index in [4.69, 9.17) is 14.5 Å². The van der Waals surface area contributed by atoms with Gasteiger partial charge in [-0.3, -0.25) is 4.89 Å². The summed E-state index contributed by atoms with van der Waals surface area (Å²) in [6.07, 6.45) is -0.308. The van der Waals surface area contributed by atoms with Gasteiger partial charge in [0.25, 0.3) is 0 Å². The van der Waals surface area contributed by atoms with Gasteiger partial charge in [-0.05, 0) is 39.8 Å². The Balaban J connectivity index is 2.31. The van der Waals surface area contributed by atoms with Gasteiger partial charge in [-0.2, -0.15) is 4.89 Å². The van der Waals surface area contributed by atoms with Crippen LogP contribution in [0.2, 0.25) is 0 Å². The normalized spacial score (nSPS) is 13.1. The van der Waals surface area contributed by atoms with Gasteiger partial charge < -0.3 is 4.74 Å². The summed E-state index contributed by atoms with van der Waals surface area (Å²) < 4.78 is 5.51. The van der Waals surface area contributed by atoms with Crippen molar-refractivity contribution in [3.8, 4) is 0 Å². The molecule has 0 fully saturated rings. The Labute approximate surface area is 108 Å². The standard InChI is InChI=1S/C14H20O4/c1-11(10-16-14(2,3)4)17-18-13(15)12-8-6-5-7-9-12/h5-9,11H,10H2,1-4H3. The van der Waals surface area contributed by atoms with E-state index in [9.17, 15) is 4.79 Å². The van der Waals surface area contributed by atoms with Gasteiger partial charge in [0, 0.05) is 0 Å². The molecule has 100 valence electrons. The van der Waals surface area contributed by atoms with Crippen LogP contribution in [0.1, 0.15) is 38.1 Å². The SMILES string of the molecule is CC(COC(C)(C)C)OOC(=O)c1ccccc1. The molecule has 0 radical (unpaired) electrons. The molecular formula is C14H20O4. The van der Waals surface area contributed by atoms with E-state index in [0.29, 0.717) is 12.2 Å². The van der Waals surface area contributed by atoms with Crippen LogP contribution in [0.5, 0.6) is 0 Å². The fourth-order valence-electron chi connectivity index (χ4n) is 1.14. The second-order valence-electron chi connectivity index (χ2n) is 5.07. The number of hydrogen-bond acceptors (Lipinski definition) is 4. The van der Waals surface area contributed by atoms with E-state index < -0.39 is 5.97 Å². The minimum absolute atomic E-state index is 0.235. The van der Waals surface area contributed by atoms with Crippen LogP contribution in [-0.2, 0) is 14.5 Å². The third kappa shape index (κ3) is 5.80. The van der Waals surface area contributed by atoms with Crippen LogP contribution in [0.4, 0.5) is 0 Å². The first-order chi connectivity index (χ1) is 8.38. The molecule has 0 bridgehead atoms. The zero-order valence-corrected chi connectivity index (χ0v) is 11.3. The highest BCUT2D eigenvalue weighted by Crippen LogP contribution is 2.09. The molecule has 18 heavy (non-hydrogen) atoms. The summed E-state index contributed by atoms with van der Waals surface area (Å²) in [6, 6.07) is 8.70. The Hall–Kier alpha value is -1.39. The topological polar surface area (TPSA) is 44.8 Å². The van der Waals surface area contributed by atoms with Gasteiger partial charge in [0.15, 0.2) is 0 Å².